The lowest BCUT2D eigenvalue weighted by atomic mass is 10.2. The maximum Gasteiger partial charge on any atom is 0.264 e. The van der Waals surface area contributed by atoms with Crippen molar-refractivity contribution in [3.63, 3.8) is 0 Å². The molecule has 0 aliphatic rings. The Morgan fingerprint density at radius 3 is 2.50 bits per heavy atom. The highest BCUT2D eigenvalue weighted by molar-refractivity contribution is 7.55. The Kier molecular flexibility index (Phi) is 3.04. The zero-order chi connectivity index (χ0) is 9.03. The van der Waals surface area contributed by atoms with Crippen LogP contribution in [0.15, 0.2) is 30.3 Å². The third-order valence-electron chi connectivity index (χ3n) is 1.33. The normalized spacial score (nSPS) is 15.5. The van der Waals surface area contributed by atoms with Crippen LogP contribution < -0.4 is 5.50 Å². The van der Waals surface area contributed by atoms with Crippen LogP contribution >= 0.6 is 7.52 Å². The van der Waals surface area contributed by atoms with Crippen molar-refractivity contribution in [2.75, 3.05) is 6.66 Å². The molecule has 0 heterocycles. The van der Waals surface area contributed by atoms with E-state index in [1.54, 1.807) is 0 Å². The number of benzene rings is 1. The van der Waals surface area contributed by atoms with Gasteiger partial charge in [0, 0.05) is 6.66 Å². The van der Waals surface area contributed by atoms with Crippen LogP contribution in [0.1, 0.15) is 5.56 Å². The predicted octanol–water partition coefficient (Wildman–Crippen LogP) is 1.98. The molecule has 1 rings (SSSR count). The lowest BCUT2D eigenvalue weighted by molar-refractivity contribution is 0.307. The third kappa shape index (κ3) is 3.67. The molecule has 0 radical (unpaired) electrons. The van der Waals surface area contributed by atoms with Gasteiger partial charge in [0.25, 0.3) is 7.52 Å². The highest BCUT2D eigenvalue weighted by atomic mass is 31.2. The van der Waals surface area contributed by atoms with Crippen LogP contribution in [0.2, 0.25) is 0 Å². The molecule has 4 heteroatoms. The van der Waals surface area contributed by atoms with Gasteiger partial charge in [-0.15, -0.1) is 0 Å². The molecule has 0 fully saturated rings. The summed E-state index contributed by atoms with van der Waals surface area (Å²) in [5.74, 6) is 0. The van der Waals surface area contributed by atoms with Crippen LogP contribution in [0.3, 0.4) is 0 Å². The van der Waals surface area contributed by atoms with Crippen LogP contribution in [0.4, 0.5) is 0 Å². The first kappa shape index (κ1) is 9.46. The van der Waals surface area contributed by atoms with Crippen molar-refractivity contribution >= 4 is 7.52 Å². The Bertz CT molecular complexity index is 280. The molecular weight excluding hydrogens is 173 g/mol. The molecule has 0 saturated heterocycles. The number of hydrogen-bond acceptors (Lipinski definition) is 2. The Hall–Kier alpha value is -0.630. The summed E-state index contributed by atoms with van der Waals surface area (Å²) in [5.41, 5.74) is 6.19. The second-order valence-corrected chi connectivity index (χ2v) is 4.74. The van der Waals surface area contributed by atoms with Crippen molar-refractivity contribution in [2.45, 2.75) is 6.61 Å². The van der Waals surface area contributed by atoms with E-state index in [9.17, 15) is 4.57 Å². The molecule has 0 spiro atoms. The smallest absolute Gasteiger partial charge is 0.264 e. The monoisotopic (exact) mass is 185 g/mol. The lowest BCUT2D eigenvalue weighted by Gasteiger charge is -2.07. The molecule has 1 aromatic rings. The summed E-state index contributed by atoms with van der Waals surface area (Å²) in [4.78, 5) is 0. The van der Waals surface area contributed by atoms with Crippen LogP contribution in [0.25, 0.3) is 0 Å². The van der Waals surface area contributed by atoms with Gasteiger partial charge in [-0.05, 0) is 5.56 Å². The molecule has 12 heavy (non-hydrogen) atoms. The number of rotatable bonds is 3. The predicted molar refractivity (Wildman–Crippen MR) is 48.9 cm³/mol. The fraction of sp³-hybridized carbons (Fsp3) is 0.250. The maximum atomic E-state index is 10.9. The Morgan fingerprint density at radius 2 is 2.00 bits per heavy atom. The minimum absolute atomic E-state index is 0.311. The van der Waals surface area contributed by atoms with E-state index in [-0.39, 0.29) is 0 Å². The van der Waals surface area contributed by atoms with Gasteiger partial charge in [0.1, 0.15) is 0 Å². The van der Waals surface area contributed by atoms with E-state index in [1.807, 2.05) is 30.3 Å². The minimum Gasteiger partial charge on any atom is -0.313 e. The molecule has 0 bridgehead atoms. The molecule has 66 valence electrons. The van der Waals surface area contributed by atoms with E-state index >= 15 is 0 Å². The Morgan fingerprint density at radius 1 is 1.42 bits per heavy atom. The molecule has 1 aromatic carbocycles. The molecule has 3 nitrogen and oxygen atoms in total. The van der Waals surface area contributed by atoms with E-state index in [1.165, 1.54) is 6.66 Å². The van der Waals surface area contributed by atoms with E-state index in [0.29, 0.717) is 6.61 Å². The van der Waals surface area contributed by atoms with Crippen molar-refractivity contribution in [3.8, 4) is 0 Å². The quantitative estimate of drug-likeness (QED) is 0.732. The summed E-state index contributed by atoms with van der Waals surface area (Å²) in [6.45, 7) is 1.71. The largest absolute Gasteiger partial charge is 0.313 e. The highest BCUT2D eigenvalue weighted by Gasteiger charge is 2.06. The highest BCUT2D eigenvalue weighted by Crippen LogP contribution is 2.32. The fourth-order valence-corrected chi connectivity index (χ4v) is 1.18. The second kappa shape index (κ2) is 3.85. The van der Waals surface area contributed by atoms with Crippen LogP contribution in [0.5, 0.6) is 0 Å². The maximum absolute atomic E-state index is 10.9. The zero-order valence-electron chi connectivity index (χ0n) is 6.93. The Labute approximate surface area is 72.0 Å². The third-order valence-corrected chi connectivity index (χ3v) is 1.97. The summed E-state index contributed by atoms with van der Waals surface area (Å²) in [5, 5.41) is 0. The summed E-state index contributed by atoms with van der Waals surface area (Å²) < 4.78 is 15.9. The summed E-state index contributed by atoms with van der Waals surface area (Å²) in [7, 11) is -2.83. The van der Waals surface area contributed by atoms with Crippen molar-refractivity contribution in [2.24, 2.45) is 5.50 Å². The average Bonchev–Trinajstić information content (AvgIpc) is 2.02. The zero-order valence-corrected chi connectivity index (χ0v) is 7.83. The first-order valence-corrected chi connectivity index (χ1v) is 5.76. The van der Waals surface area contributed by atoms with Gasteiger partial charge < -0.3 is 4.52 Å². The van der Waals surface area contributed by atoms with E-state index in [4.69, 9.17) is 10.0 Å². The van der Waals surface area contributed by atoms with Gasteiger partial charge in [-0.1, -0.05) is 30.3 Å². The second-order valence-electron chi connectivity index (χ2n) is 2.67. The molecular formula is C8H12NO2P. The van der Waals surface area contributed by atoms with Crippen LogP contribution in [-0.2, 0) is 15.7 Å². The van der Waals surface area contributed by atoms with Gasteiger partial charge in [-0.3, -0.25) is 10.1 Å². The lowest BCUT2D eigenvalue weighted by Crippen LogP contribution is -1.97. The minimum atomic E-state index is -2.83. The first-order valence-electron chi connectivity index (χ1n) is 3.62. The van der Waals surface area contributed by atoms with Crippen molar-refractivity contribution in [3.05, 3.63) is 35.9 Å². The summed E-state index contributed by atoms with van der Waals surface area (Å²) >= 11 is 0. The fourth-order valence-electron chi connectivity index (χ4n) is 0.777. The molecule has 0 saturated carbocycles. The van der Waals surface area contributed by atoms with Crippen molar-refractivity contribution < 1.29 is 9.09 Å². The standard InChI is InChI=1S/C8H12NO2P/c1-12(9,10)11-7-8-5-3-2-4-6-8/h2-6H,7H2,1H3,(H2,9,10). The van der Waals surface area contributed by atoms with E-state index in [0.717, 1.165) is 5.56 Å². The number of hydrogen-bond donors (Lipinski definition) is 1. The Balaban J connectivity index is 2.50. The molecule has 0 aliphatic heterocycles. The van der Waals surface area contributed by atoms with E-state index in [2.05, 4.69) is 0 Å². The number of nitrogens with two attached hydrogens (primary N) is 1. The SMILES string of the molecule is CP(N)(=O)OCc1ccccc1. The summed E-state index contributed by atoms with van der Waals surface area (Å²) in [6, 6.07) is 9.51. The molecule has 0 aromatic heterocycles. The molecule has 1 unspecified atom stereocenters. The van der Waals surface area contributed by atoms with Gasteiger partial charge in [0.05, 0.1) is 6.61 Å². The van der Waals surface area contributed by atoms with Gasteiger partial charge in [0.2, 0.25) is 0 Å². The van der Waals surface area contributed by atoms with Gasteiger partial charge >= 0.3 is 0 Å². The van der Waals surface area contributed by atoms with E-state index < -0.39 is 7.52 Å². The van der Waals surface area contributed by atoms with Crippen molar-refractivity contribution in [1.82, 2.24) is 0 Å². The van der Waals surface area contributed by atoms with Crippen LogP contribution in [0, 0.1) is 0 Å². The molecule has 0 aliphatic carbocycles. The van der Waals surface area contributed by atoms with Gasteiger partial charge in [0.15, 0.2) is 0 Å². The average molecular weight is 185 g/mol. The summed E-state index contributed by atoms with van der Waals surface area (Å²) in [6.07, 6.45) is 0. The molecule has 1 atom stereocenters. The van der Waals surface area contributed by atoms with Gasteiger partial charge in [-0.25, -0.2) is 0 Å². The van der Waals surface area contributed by atoms with Crippen LogP contribution in [-0.4, -0.2) is 6.66 Å². The first-order chi connectivity index (χ1) is 5.58. The topological polar surface area (TPSA) is 52.3 Å². The molecule has 2 N–H and O–H groups in total. The van der Waals surface area contributed by atoms with Crippen molar-refractivity contribution in [1.29, 1.82) is 0 Å². The molecule has 0 amide bonds. The van der Waals surface area contributed by atoms with Gasteiger partial charge in [-0.2, -0.15) is 0 Å².